The van der Waals surface area contributed by atoms with Gasteiger partial charge in [-0.3, -0.25) is 4.98 Å². The van der Waals surface area contributed by atoms with Crippen LogP contribution in [0, 0.1) is 13.8 Å². The van der Waals surface area contributed by atoms with Crippen molar-refractivity contribution in [2.45, 2.75) is 25.3 Å². The number of benzene rings is 1. The van der Waals surface area contributed by atoms with Crippen molar-refractivity contribution in [1.82, 2.24) is 9.29 Å². The molecule has 0 saturated heterocycles. The number of fused-ring (bicyclic) bond motifs is 2. The summed E-state index contributed by atoms with van der Waals surface area (Å²) >= 11 is 3.40. The van der Waals surface area contributed by atoms with E-state index in [0.29, 0.717) is 18.0 Å². The predicted molar refractivity (Wildman–Crippen MR) is 126 cm³/mol. The first kappa shape index (κ1) is 20.9. The number of aryl methyl sites for hydroxylation is 2. The molecule has 4 heterocycles. The van der Waals surface area contributed by atoms with Crippen molar-refractivity contribution in [3.8, 4) is 0 Å². The Balaban J connectivity index is 0.000000181. The summed E-state index contributed by atoms with van der Waals surface area (Å²) in [6.45, 7) is 8.82. The van der Waals surface area contributed by atoms with Crippen LogP contribution in [0.15, 0.2) is 71.0 Å². The first-order valence-electron chi connectivity index (χ1n) is 9.45. The van der Waals surface area contributed by atoms with E-state index in [1.54, 1.807) is 34.8 Å². The SMILES string of the molecule is C=C1CN(S(=O)(=O)c2ccc(C)cc2)Cc2ccsc21.Cc1cncc2ccsc12. The van der Waals surface area contributed by atoms with Crippen molar-refractivity contribution in [2.75, 3.05) is 6.54 Å². The van der Waals surface area contributed by atoms with Crippen LogP contribution in [0.1, 0.15) is 21.6 Å². The van der Waals surface area contributed by atoms with Gasteiger partial charge in [0.2, 0.25) is 10.0 Å². The average Bonchev–Trinajstić information content (AvgIpc) is 3.39. The second-order valence-electron chi connectivity index (χ2n) is 7.26. The number of nitrogens with zero attached hydrogens (tertiary/aromatic N) is 2. The number of thiophene rings is 2. The summed E-state index contributed by atoms with van der Waals surface area (Å²) in [6, 6.07) is 11.0. The highest BCUT2D eigenvalue weighted by atomic mass is 32.2. The normalized spacial score (nSPS) is 14.3. The van der Waals surface area contributed by atoms with Gasteiger partial charge in [0, 0.05) is 40.4 Å². The minimum Gasteiger partial charge on any atom is -0.264 e. The van der Waals surface area contributed by atoms with E-state index >= 15 is 0 Å². The maximum absolute atomic E-state index is 12.7. The number of aromatic nitrogens is 1. The Hall–Kier alpha value is -2.32. The highest BCUT2D eigenvalue weighted by Crippen LogP contribution is 2.33. The van der Waals surface area contributed by atoms with Crippen LogP contribution >= 0.6 is 22.7 Å². The molecule has 0 aliphatic carbocycles. The third kappa shape index (κ3) is 4.11. The van der Waals surface area contributed by atoms with Gasteiger partial charge in [-0.2, -0.15) is 4.31 Å². The number of sulfonamides is 1. The van der Waals surface area contributed by atoms with E-state index in [1.807, 2.05) is 42.9 Å². The highest BCUT2D eigenvalue weighted by molar-refractivity contribution is 7.89. The van der Waals surface area contributed by atoms with Gasteiger partial charge in [0.1, 0.15) is 0 Å². The van der Waals surface area contributed by atoms with Crippen LogP contribution in [0.5, 0.6) is 0 Å². The lowest BCUT2D eigenvalue weighted by Crippen LogP contribution is -2.34. The number of rotatable bonds is 2. The van der Waals surface area contributed by atoms with Crippen LogP contribution in [-0.2, 0) is 16.6 Å². The van der Waals surface area contributed by atoms with Crippen molar-refractivity contribution < 1.29 is 8.42 Å². The third-order valence-corrected chi connectivity index (χ3v) is 8.91. The molecule has 0 fully saturated rings. The molecule has 154 valence electrons. The largest absolute Gasteiger partial charge is 0.264 e. The first-order chi connectivity index (χ1) is 14.4. The fourth-order valence-electron chi connectivity index (χ4n) is 3.36. The quantitative estimate of drug-likeness (QED) is 0.380. The van der Waals surface area contributed by atoms with Crippen molar-refractivity contribution in [3.63, 3.8) is 0 Å². The Bertz CT molecular complexity index is 1300. The summed E-state index contributed by atoms with van der Waals surface area (Å²) in [5, 5.41) is 5.34. The zero-order valence-electron chi connectivity index (χ0n) is 16.8. The fourth-order valence-corrected chi connectivity index (χ4v) is 6.50. The molecule has 0 bridgehead atoms. The molecule has 0 atom stereocenters. The molecule has 4 aromatic rings. The van der Waals surface area contributed by atoms with Gasteiger partial charge in [-0.15, -0.1) is 22.7 Å². The maximum Gasteiger partial charge on any atom is 0.243 e. The summed E-state index contributed by atoms with van der Waals surface area (Å²) < 4.78 is 28.2. The zero-order valence-corrected chi connectivity index (χ0v) is 19.3. The Labute approximate surface area is 185 Å². The van der Waals surface area contributed by atoms with Gasteiger partial charge in [0.25, 0.3) is 0 Å². The van der Waals surface area contributed by atoms with Gasteiger partial charge < -0.3 is 0 Å². The van der Waals surface area contributed by atoms with E-state index in [-0.39, 0.29) is 0 Å². The smallest absolute Gasteiger partial charge is 0.243 e. The fraction of sp³-hybridized carbons (Fsp3) is 0.174. The van der Waals surface area contributed by atoms with Crippen molar-refractivity contribution >= 4 is 48.4 Å². The molecule has 1 aromatic carbocycles. The van der Waals surface area contributed by atoms with E-state index in [0.717, 1.165) is 21.6 Å². The van der Waals surface area contributed by atoms with Crippen molar-refractivity contribution in [1.29, 1.82) is 0 Å². The number of hydrogen-bond acceptors (Lipinski definition) is 5. The Morgan fingerprint density at radius 3 is 2.43 bits per heavy atom. The molecule has 0 N–H and O–H groups in total. The van der Waals surface area contributed by atoms with E-state index in [1.165, 1.54) is 20.0 Å². The molecule has 0 unspecified atom stereocenters. The van der Waals surface area contributed by atoms with Gasteiger partial charge in [-0.1, -0.05) is 24.3 Å². The lowest BCUT2D eigenvalue weighted by Gasteiger charge is -2.27. The first-order valence-corrected chi connectivity index (χ1v) is 12.7. The zero-order chi connectivity index (χ0) is 21.3. The van der Waals surface area contributed by atoms with Crippen molar-refractivity contribution in [3.05, 3.63) is 87.7 Å². The lowest BCUT2D eigenvalue weighted by molar-refractivity contribution is 0.435. The Morgan fingerprint density at radius 2 is 1.70 bits per heavy atom. The van der Waals surface area contributed by atoms with Crippen LogP contribution in [-0.4, -0.2) is 24.3 Å². The summed E-state index contributed by atoms with van der Waals surface area (Å²) in [7, 11) is -3.46. The molecule has 0 radical (unpaired) electrons. The number of pyridine rings is 1. The Kier molecular flexibility index (Phi) is 5.88. The van der Waals surface area contributed by atoms with E-state index in [9.17, 15) is 8.42 Å². The topological polar surface area (TPSA) is 50.3 Å². The molecule has 7 heteroatoms. The molecule has 0 spiro atoms. The van der Waals surface area contributed by atoms with Gasteiger partial charge in [0.15, 0.2) is 0 Å². The molecule has 4 nitrogen and oxygen atoms in total. The molecular formula is C23H22N2O2S3. The summed E-state index contributed by atoms with van der Waals surface area (Å²) in [5.41, 5.74) is 4.23. The molecule has 0 saturated carbocycles. The minimum absolute atomic E-state index is 0.342. The predicted octanol–water partition coefficient (Wildman–Crippen LogP) is 5.88. The van der Waals surface area contributed by atoms with Crippen LogP contribution in [0.25, 0.3) is 15.7 Å². The molecule has 5 rings (SSSR count). The van der Waals surface area contributed by atoms with Gasteiger partial charge in [-0.25, -0.2) is 8.42 Å². The standard InChI is InChI=1S/C15H15NO2S2.C8H7NS/c1-11-3-5-14(6-4-11)20(17,18)16-9-12(2)15-13(10-16)7-8-19-15;1-6-4-9-5-7-2-3-10-8(6)7/h3-8H,2,9-10H2,1H3;2-5H,1H3. The molecule has 30 heavy (non-hydrogen) atoms. The lowest BCUT2D eigenvalue weighted by atomic mass is 10.1. The van der Waals surface area contributed by atoms with E-state index < -0.39 is 10.0 Å². The summed E-state index contributed by atoms with van der Waals surface area (Å²) in [6.07, 6.45) is 3.80. The van der Waals surface area contributed by atoms with Crippen LogP contribution in [0.4, 0.5) is 0 Å². The molecule has 0 amide bonds. The number of hydrogen-bond donors (Lipinski definition) is 0. The average molecular weight is 455 g/mol. The Morgan fingerprint density at radius 1 is 0.967 bits per heavy atom. The van der Waals surface area contributed by atoms with Gasteiger partial charge >= 0.3 is 0 Å². The summed E-state index contributed by atoms with van der Waals surface area (Å²) in [4.78, 5) is 5.56. The highest BCUT2D eigenvalue weighted by Gasteiger charge is 2.30. The van der Waals surface area contributed by atoms with Crippen LogP contribution in [0.3, 0.4) is 0 Å². The molecule has 1 aliphatic rings. The summed E-state index contributed by atoms with van der Waals surface area (Å²) in [5.74, 6) is 0. The van der Waals surface area contributed by atoms with Gasteiger partial charge in [0.05, 0.1) is 4.90 Å². The second-order valence-corrected chi connectivity index (χ2v) is 11.0. The molecular weight excluding hydrogens is 432 g/mol. The van der Waals surface area contributed by atoms with Crippen molar-refractivity contribution in [2.24, 2.45) is 0 Å². The molecule has 3 aromatic heterocycles. The minimum atomic E-state index is -3.46. The van der Waals surface area contributed by atoms with Crippen LogP contribution in [0.2, 0.25) is 0 Å². The van der Waals surface area contributed by atoms with Crippen LogP contribution < -0.4 is 0 Å². The second kappa shape index (κ2) is 8.43. The van der Waals surface area contributed by atoms with E-state index in [4.69, 9.17) is 0 Å². The maximum atomic E-state index is 12.7. The molecule has 1 aliphatic heterocycles. The monoisotopic (exact) mass is 454 g/mol. The van der Waals surface area contributed by atoms with Gasteiger partial charge in [-0.05, 0) is 65.6 Å². The van der Waals surface area contributed by atoms with E-state index in [2.05, 4.69) is 29.9 Å². The third-order valence-electron chi connectivity index (χ3n) is 4.98.